The van der Waals surface area contributed by atoms with Crippen molar-refractivity contribution in [3.05, 3.63) is 64.1 Å². The van der Waals surface area contributed by atoms with E-state index in [0.717, 1.165) is 11.1 Å². The van der Waals surface area contributed by atoms with Gasteiger partial charge in [0.25, 0.3) is 5.56 Å². The van der Waals surface area contributed by atoms with E-state index in [4.69, 9.17) is 4.52 Å². The highest BCUT2D eigenvalue weighted by molar-refractivity contribution is 5.98. The van der Waals surface area contributed by atoms with E-state index in [2.05, 4.69) is 20.5 Å². The normalized spacial score (nSPS) is 14.1. The number of aromatic nitrogens is 5. The third-order valence-electron chi connectivity index (χ3n) is 3.88. The zero-order valence-electron chi connectivity index (χ0n) is 13.3. The molecule has 3 aromatic rings. The van der Waals surface area contributed by atoms with E-state index in [1.165, 1.54) is 4.68 Å². The van der Waals surface area contributed by atoms with Gasteiger partial charge in [0.1, 0.15) is 12.1 Å². The van der Waals surface area contributed by atoms with Gasteiger partial charge >= 0.3 is 0 Å². The highest BCUT2D eigenvalue weighted by Crippen LogP contribution is 2.22. The highest BCUT2D eigenvalue weighted by Gasteiger charge is 2.12. The molecular weight excluding hydrogens is 322 g/mol. The fourth-order valence-corrected chi connectivity index (χ4v) is 2.64. The molecular formula is C17H13N5O3. The molecule has 4 rings (SSSR count). The summed E-state index contributed by atoms with van der Waals surface area (Å²) in [7, 11) is 0. The quantitative estimate of drug-likeness (QED) is 0.713. The molecule has 0 radical (unpaired) electrons. The lowest BCUT2D eigenvalue weighted by Gasteiger charge is -2.08. The van der Waals surface area contributed by atoms with Crippen molar-refractivity contribution < 1.29 is 9.32 Å². The maximum Gasteiger partial charge on any atom is 0.278 e. The van der Waals surface area contributed by atoms with Crippen LogP contribution in [0.5, 0.6) is 0 Å². The Balaban J connectivity index is 1.76. The van der Waals surface area contributed by atoms with E-state index >= 15 is 0 Å². The van der Waals surface area contributed by atoms with Gasteiger partial charge in [-0.25, -0.2) is 4.68 Å². The highest BCUT2D eigenvalue weighted by atomic mass is 16.5. The molecule has 124 valence electrons. The van der Waals surface area contributed by atoms with E-state index in [1.54, 1.807) is 31.2 Å². The van der Waals surface area contributed by atoms with Gasteiger partial charge in [-0.15, -0.1) is 5.10 Å². The van der Waals surface area contributed by atoms with Gasteiger partial charge in [-0.3, -0.25) is 9.59 Å². The van der Waals surface area contributed by atoms with Crippen molar-refractivity contribution in [2.75, 3.05) is 0 Å². The van der Waals surface area contributed by atoms with E-state index in [9.17, 15) is 9.59 Å². The molecule has 0 saturated carbocycles. The molecule has 1 aromatic carbocycles. The topological polar surface area (TPSA) is 104 Å². The molecule has 0 spiro atoms. The summed E-state index contributed by atoms with van der Waals surface area (Å²) in [6, 6.07) is 5.35. The first-order chi connectivity index (χ1) is 12.1. The lowest BCUT2D eigenvalue weighted by Crippen LogP contribution is -2.25. The smallest absolute Gasteiger partial charge is 0.278 e. The van der Waals surface area contributed by atoms with Gasteiger partial charge in [0.2, 0.25) is 5.89 Å². The van der Waals surface area contributed by atoms with Crippen LogP contribution >= 0.6 is 0 Å². The minimum atomic E-state index is -0.292. The number of fused-ring (bicyclic) bond motifs is 1. The Kier molecular flexibility index (Phi) is 3.57. The van der Waals surface area contributed by atoms with Gasteiger partial charge in [0.15, 0.2) is 11.6 Å². The van der Waals surface area contributed by atoms with Crippen LogP contribution in [-0.4, -0.2) is 30.9 Å². The summed E-state index contributed by atoms with van der Waals surface area (Å²) in [4.78, 5) is 28.1. The summed E-state index contributed by atoms with van der Waals surface area (Å²) < 4.78 is 6.21. The van der Waals surface area contributed by atoms with Gasteiger partial charge in [0, 0.05) is 6.42 Å². The largest absolute Gasteiger partial charge is 0.337 e. The summed E-state index contributed by atoms with van der Waals surface area (Å²) in [5, 5.41) is 12.1. The van der Waals surface area contributed by atoms with Crippen LogP contribution in [0.15, 0.2) is 45.7 Å². The minimum absolute atomic E-state index is 0.0595. The van der Waals surface area contributed by atoms with Crippen molar-refractivity contribution in [1.82, 2.24) is 25.1 Å². The number of hydrogen-bond acceptors (Lipinski definition) is 7. The predicted octanol–water partition coefficient (Wildman–Crippen LogP) is 1.44. The molecule has 0 bridgehead atoms. The molecule has 1 aliphatic carbocycles. The molecule has 0 fully saturated rings. The third-order valence-corrected chi connectivity index (χ3v) is 3.88. The van der Waals surface area contributed by atoms with Gasteiger partial charge < -0.3 is 4.52 Å². The molecule has 2 heterocycles. The molecule has 0 atom stereocenters. The number of hydrogen-bond donors (Lipinski definition) is 0. The molecule has 0 unspecified atom stereocenters. The fourth-order valence-electron chi connectivity index (χ4n) is 2.64. The Morgan fingerprint density at radius 3 is 2.84 bits per heavy atom. The number of carbonyl (C=O) groups excluding carboxylic acids is 1. The van der Waals surface area contributed by atoms with Crippen LogP contribution in [0.1, 0.15) is 23.7 Å². The second-order valence-corrected chi connectivity index (χ2v) is 5.68. The number of benzene rings is 1. The van der Waals surface area contributed by atoms with Crippen molar-refractivity contribution in [3.8, 4) is 0 Å². The Morgan fingerprint density at radius 2 is 2.12 bits per heavy atom. The first-order valence-corrected chi connectivity index (χ1v) is 7.68. The molecule has 2 aromatic heterocycles. The van der Waals surface area contributed by atoms with Crippen molar-refractivity contribution in [2.24, 2.45) is 0 Å². The summed E-state index contributed by atoms with van der Waals surface area (Å²) in [5.74, 6) is 0.845. The van der Waals surface area contributed by atoms with Gasteiger partial charge in [-0.1, -0.05) is 28.6 Å². The summed E-state index contributed by atoms with van der Waals surface area (Å²) >= 11 is 0. The number of rotatable bonds is 3. The average molecular weight is 335 g/mol. The Bertz CT molecular complexity index is 1110. The first kappa shape index (κ1) is 15.1. The minimum Gasteiger partial charge on any atom is -0.337 e. The fraction of sp³-hybridized carbons (Fsp3) is 0.176. The predicted molar refractivity (Wildman–Crippen MR) is 88.7 cm³/mol. The van der Waals surface area contributed by atoms with Crippen LogP contribution in [0, 0.1) is 6.92 Å². The van der Waals surface area contributed by atoms with E-state index < -0.39 is 0 Å². The lowest BCUT2D eigenvalue weighted by atomic mass is 9.98. The summed E-state index contributed by atoms with van der Waals surface area (Å²) in [6.07, 6.45) is 5.50. The van der Waals surface area contributed by atoms with Crippen LogP contribution in [0.25, 0.3) is 16.5 Å². The van der Waals surface area contributed by atoms with Crippen molar-refractivity contribution in [2.45, 2.75) is 19.9 Å². The maximum atomic E-state index is 12.7. The third kappa shape index (κ3) is 2.89. The molecule has 0 aliphatic heterocycles. The Morgan fingerprint density at radius 1 is 1.24 bits per heavy atom. The van der Waals surface area contributed by atoms with Gasteiger partial charge in [0.05, 0.1) is 5.39 Å². The van der Waals surface area contributed by atoms with Crippen molar-refractivity contribution in [3.63, 3.8) is 0 Å². The van der Waals surface area contributed by atoms with Crippen LogP contribution in [0.2, 0.25) is 0 Å². The molecule has 1 aliphatic rings. The molecule has 8 nitrogen and oxygen atoms in total. The molecule has 25 heavy (non-hydrogen) atoms. The van der Waals surface area contributed by atoms with E-state index in [1.807, 2.05) is 12.1 Å². The second kappa shape index (κ2) is 5.90. The van der Waals surface area contributed by atoms with Crippen LogP contribution in [0.4, 0.5) is 0 Å². The number of allylic oxidation sites excluding steroid dienone is 4. The Hall–Kier alpha value is -3.42. The maximum absolute atomic E-state index is 12.7. The zero-order chi connectivity index (χ0) is 17.4. The van der Waals surface area contributed by atoms with Crippen LogP contribution < -0.4 is 5.56 Å². The summed E-state index contributed by atoms with van der Waals surface area (Å²) in [5.41, 5.74) is 1.96. The molecule has 0 N–H and O–H groups in total. The van der Waals surface area contributed by atoms with Crippen LogP contribution in [0.3, 0.4) is 0 Å². The second-order valence-electron chi connectivity index (χ2n) is 5.68. The zero-order valence-corrected chi connectivity index (χ0v) is 13.3. The van der Waals surface area contributed by atoms with E-state index in [0.29, 0.717) is 29.0 Å². The van der Waals surface area contributed by atoms with Gasteiger partial charge in [-0.2, -0.15) is 4.98 Å². The monoisotopic (exact) mass is 335 g/mol. The van der Waals surface area contributed by atoms with Gasteiger partial charge in [-0.05, 0) is 36.3 Å². The standard InChI is InChI=1S/C17H13N5O3/c1-10-18-16(25-20-10)9-22-17(24)14-8-12(4-7-15(14)19-21-22)11-2-5-13(23)6-3-11/h2-5,7-8H,6,9H2,1H3. The molecule has 0 amide bonds. The number of ketones is 1. The number of carbonyl (C=O) groups is 1. The number of nitrogens with zero attached hydrogens (tertiary/aromatic N) is 5. The summed E-state index contributed by atoms with van der Waals surface area (Å²) in [6.45, 7) is 1.76. The van der Waals surface area contributed by atoms with Crippen molar-refractivity contribution in [1.29, 1.82) is 0 Å². The lowest BCUT2D eigenvalue weighted by molar-refractivity contribution is -0.113. The number of aryl methyl sites for hydroxylation is 1. The van der Waals surface area contributed by atoms with E-state index in [-0.39, 0.29) is 17.9 Å². The molecule has 0 saturated heterocycles. The average Bonchev–Trinajstić information content (AvgIpc) is 3.03. The van der Waals surface area contributed by atoms with Crippen LogP contribution in [-0.2, 0) is 11.3 Å². The SMILES string of the molecule is Cc1noc(Cn2nnc3ccc(C4=CCC(=O)C=C4)cc3c2=O)n1. The Labute approximate surface area is 141 Å². The molecule has 8 heteroatoms. The van der Waals surface area contributed by atoms with Crippen molar-refractivity contribution >= 4 is 22.3 Å². The first-order valence-electron chi connectivity index (χ1n) is 7.68.